The number of amides is 1. The van der Waals surface area contributed by atoms with E-state index < -0.39 is 9.84 Å². The molecule has 1 aromatic carbocycles. The van der Waals surface area contributed by atoms with Crippen molar-refractivity contribution < 1.29 is 13.2 Å². The van der Waals surface area contributed by atoms with E-state index in [2.05, 4.69) is 5.32 Å². The average molecular weight is 339 g/mol. The minimum absolute atomic E-state index is 0.0316. The fourth-order valence-electron chi connectivity index (χ4n) is 3.12. The molecule has 3 rings (SSSR count). The van der Waals surface area contributed by atoms with Gasteiger partial charge in [-0.25, -0.2) is 8.42 Å². The van der Waals surface area contributed by atoms with Crippen LogP contribution in [0.5, 0.6) is 0 Å². The first-order valence-corrected chi connectivity index (χ1v) is 10.5. The van der Waals surface area contributed by atoms with Crippen LogP contribution in [0.4, 0.5) is 0 Å². The van der Waals surface area contributed by atoms with Gasteiger partial charge in [0.05, 0.1) is 17.1 Å². The first-order chi connectivity index (χ1) is 10.5. The van der Waals surface area contributed by atoms with Gasteiger partial charge in [0.2, 0.25) is 0 Å². The fourth-order valence-corrected chi connectivity index (χ4v) is 6.75. The van der Waals surface area contributed by atoms with Gasteiger partial charge in [-0.3, -0.25) is 4.79 Å². The second-order valence-electron chi connectivity index (χ2n) is 6.09. The molecule has 0 aromatic heterocycles. The summed E-state index contributed by atoms with van der Waals surface area (Å²) < 4.78 is 23.2. The highest BCUT2D eigenvalue weighted by Gasteiger charge is 2.29. The van der Waals surface area contributed by atoms with E-state index in [0.717, 1.165) is 17.7 Å². The molecule has 1 aromatic rings. The molecule has 1 saturated carbocycles. The Hall–Kier alpha value is -1.01. The van der Waals surface area contributed by atoms with Gasteiger partial charge in [-0.15, -0.1) is 11.8 Å². The van der Waals surface area contributed by atoms with Gasteiger partial charge >= 0.3 is 0 Å². The SMILES string of the molecule is O=C(NC1CCCC1)c1ccccc1SC1CCS(=O)(=O)C1. The number of benzene rings is 1. The molecule has 2 fully saturated rings. The van der Waals surface area contributed by atoms with Crippen molar-refractivity contribution in [2.45, 2.75) is 48.3 Å². The lowest BCUT2D eigenvalue weighted by molar-refractivity contribution is 0.0935. The largest absolute Gasteiger partial charge is 0.349 e. The van der Waals surface area contributed by atoms with Gasteiger partial charge in [-0.1, -0.05) is 25.0 Å². The summed E-state index contributed by atoms with van der Waals surface area (Å²) in [4.78, 5) is 13.4. The summed E-state index contributed by atoms with van der Waals surface area (Å²) in [5, 5.41) is 3.17. The number of sulfone groups is 1. The van der Waals surface area contributed by atoms with Gasteiger partial charge in [0.25, 0.3) is 5.91 Å². The first kappa shape index (κ1) is 15.9. The summed E-state index contributed by atoms with van der Waals surface area (Å²) in [5.41, 5.74) is 0.670. The van der Waals surface area contributed by atoms with Crippen LogP contribution in [0.2, 0.25) is 0 Å². The minimum atomic E-state index is -2.89. The molecule has 120 valence electrons. The Bertz CT molecular complexity index is 651. The number of thioether (sulfide) groups is 1. The highest BCUT2D eigenvalue weighted by molar-refractivity contribution is 8.02. The zero-order valence-electron chi connectivity index (χ0n) is 12.5. The minimum Gasteiger partial charge on any atom is -0.349 e. The van der Waals surface area contributed by atoms with Crippen molar-refractivity contribution in [2.24, 2.45) is 0 Å². The molecule has 1 saturated heterocycles. The second kappa shape index (κ2) is 6.62. The molecular formula is C16H21NO3S2. The molecule has 0 spiro atoms. The number of carbonyl (C=O) groups excluding carboxylic acids is 1. The smallest absolute Gasteiger partial charge is 0.252 e. The lowest BCUT2D eigenvalue weighted by atomic mass is 10.2. The standard InChI is InChI=1S/C16H21NO3S2/c18-16(17-12-5-1-2-6-12)14-7-3-4-8-15(14)21-13-9-10-22(19,20)11-13/h3-4,7-8,12-13H,1-2,5-6,9-11H2,(H,17,18). The Balaban J connectivity index is 1.70. The predicted octanol–water partition coefficient (Wildman–Crippen LogP) is 2.64. The van der Waals surface area contributed by atoms with Gasteiger partial charge in [0, 0.05) is 16.2 Å². The molecule has 1 N–H and O–H groups in total. The highest BCUT2D eigenvalue weighted by Crippen LogP contribution is 2.33. The Labute approximate surface area is 136 Å². The van der Waals surface area contributed by atoms with Crippen molar-refractivity contribution in [2.75, 3.05) is 11.5 Å². The quantitative estimate of drug-likeness (QED) is 0.916. The molecule has 1 unspecified atom stereocenters. The summed E-state index contributed by atoms with van der Waals surface area (Å²) in [6.45, 7) is 0. The topological polar surface area (TPSA) is 63.2 Å². The molecule has 0 radical (unpaired) electrons. The van der Waals surface area contributed by atoms with Crippen molar-refractivity contribution in [1.29, 1.82) is 0 Å². The Morgan fingerprint density at radius 1 is 1.14 bits per heavy atom. The molecule has 4 nitrogen and oxygen atoms in total. The molecule has 6 heteroatoms. The molecule has 0 bridgehead atoms. The normalized spacial score (nSPS) is 24.5. The van der Waals surface area contributed by atoms with E-state index in [-0.39, 0.29) is 28.7 Å². The van der Waals surface area contributed by atoms with Crippen molar-refractivity contribution in [1.82, 2.24) is 5.32 Å². The number of carbonyl (C=O) groups is 1. The van der Waals surface area contributed by atoms with Crippen LogP contribution >= 0.6 is 11.8 Å². The average Bonchev–Trinajstić information content (AvgIpc) is 3.09. The number of nitrogens with one attached hydrogen (secondary N) is 1. The zero-order chi connectivity index (χ0) is 15.6. The maximum absolute atomic E-state index is 12.5. The van der Waals surface area contributed by atoms with E-state index in [1.54, 1.807) is 0 Å². The van der Waals surface area contributed by atoms with Crippen LogP contribution in [0.1, 0.15) is 42.5 Å². The van der Waals surface area contributed by atoms with Crippen molar-refractivity contribution in [3.8, 4) is 0 Å². The number of hydrogen-bond acceptors (Lipinski definition) is 4. The molecule has 1 heterocycles. The van der Waals surface area contributed by atoms with Gasteiger partial charge in [0.1, 0.15) is 0 Å². The second-order valence-corrected chi connectivity index (χ2v) is 9.66. The van der Waals surface area contributed by atoms with Crippen LogP contribution in [-0.2, 0) is 9.84 Å². The van der Waals surface area contributed by atoms with E-state index >= 15 is 0 Å². The van der Waals surface area contributed by atoms with E-state index in [1.165, 1.54) is 24.6 Å². The lowest BCUT2D eigenvalue weighted by Crippen LogP contribution is -2.32. The van der Waals surface area contributed by atoms with E-state index in [1.807, 2.05) is 24.3 Å². The van der Waals surface area contributed by atoms with Crippen LogP contribution in [0.25, 0.3) is 0 Å². The molecular weight excluding hydrogens is 318 g/mol. The molecule has 22 heavy (non-hydrogen) atoms. The summed E-state index contributed by atoms with van der Waals surface area (Å²) in [6.07, 6.45) is 5.15. The van der Waals surface area contributed by atoms with E-state index in [0.29, 0.717) is 12.0 Å². The lowest BCUT2D eigenvalue weighted by Gasteiger charge is -2.15. The van der Waals surface area contributed by atoms with Crippen LogP contribution < -0.4 is 5.32 Å². The van der Waals surface area contributed by atoms with E-state index in [4.69, 9.17) is 0 Å². The monoisotopic (exact) mass is 339 g/mol. The van der Waals surface area contributed by atoms with Crippen molar-refractivity contribution >= 4 is 27.5 Å². The summed E-state index contributed by atoms with van der Waals surface area (Å²) >= 11 is 1.53. The van der Waals surface area contributed by atoms with Gasteiger partial charge < -0.3 is 5.32 Å². The van der Waals surface area contributed by atoms with Crippen LogP contribution in [-0.4, -0.2) is 37.1 Å². The zero-order valence-corrected chi connectivity index (χ0v) is 14.1. The predicted molar refractivity (Wildman–Crippen MR) is 89.1 cm³/mol. The summed E-state index contributed by atoms with van der Waals surface area (Å²) in [5.74, 6) is 0.452. The van der Waals surface area contributed by atoms with Gasteiger partial charge in [-0.2, -0.15) is 0 Å². The Morgan fingerprint density at radius 2 is 1.86 bits per heavy atom. The Kier molecular flexibility index (Phi) is 4.78. The Morgan fingerprint density at radius 3 is 2.55 bits per heavy atom. The maximum atomic E-state index is 12.5. The number of hydrogen-bond donors (Lipinski definition) is 1. The highest BCUT2D eigenvalue weighted by atomic mass is 32.2. The molecule has 2 aliphatic rings. The third-order valence-electron chi connectivity index (χ3n) is 4.31. The molecule has 1 amide bonds. The number of rotatable bonds is 4. The molecule has 1 aliphatic carbocycles. The van der Waals surface area contributed by atoms with Crippen molar-refractivity contribution in [3.05, 3.63) is 29.8 Å². The molecule has 1 atom stereocenters. The molecule has 1 aliphatic heterocycles. The fraction of sp³-hybridized carbons (Fsp3) is 0.562. The maximum Gasteiger partial charge on any atom is 0.252 e. The van der Waals surface area contributed by atoms with Crippen LogP contribution in [0.3, 0.4) is 0 Å². The third kappa shape index (κ3) is 3.84. The van der Waals surface area contributed by atoms with Crippen molar-refractivity contribution in [3.63, 3.8) is 0 Å². The van der Waals surface area contributed by atoms with Crippen LogP contribution in [0.15, 0.2) is 29.2 Å². The van der Waals surface area contributed by atoms with Crippen LogP contribution in [0, 0.1) is 0 Å². The van der Waals surface area contributed by atoms with Gasteiger partial charge in [0.15, 0.2) is 9.84 Å². The first-order valence-electron chi connectivity index (χ1n) is 7.80. The summed E-state index contributed by atoms with van der Waals surface area (Å²) in [6, 6.07) is 7.80. The summed E-state index contributed by atoms with van der Waals surface area (Å²) in [7, 11) is -2.89. The third-order valence-corrected chi connectivity index (χ3v) is 7.63. The van der Waals surface area contributed by atoms with E-state index in [9.17, 15) is 13.2 Å². The van der Waals surface area contributed by atoms with Gasteiger partial charge in [-0.05, 0) is 31.4 Å².